The van der Waals surface area contributed by atoms with Crippen LogP contribution in [0.3, 0.4) is 0 Å². The molecule has 0 spiro atoms. The van der Waals surface area contributed by atoms with Crippen LogP contribution in [0.1, 0.15) is 0 Å². The molecule has 0 radical (unpaired) electrons. The smallest absolute Gasteiger partial charge is 0.164 e. The van der Waals surface area contributed by atoms with Gasteiger partial charge in [-0.3, -0.25) is 0 Å². The summed E-state index contributed by atoms with van der Waals surface area (Å²) in [6.07, 6.45) is 0. The Bertz CT molecular complexity index is 2890. The van der Waals surface area contributed by atoms with Crippen molar-refractivity contribution in [3.8, 4) is 45.3 Å². The van der Waals surface area contributed by atoms with Gasteiger partial charge in [0, 0.05) is 27.5 Å². The molecule has 0 unspecified atom stereocenters. The van der Waals surface area contributed by atoms with Gasteiger partial charge >= 0.3 is 0 Å². The second-order valence-corrected chi connectivity index (χ2v) is 12.3. The van der Waals surface area contributed by atoms with Crippen LogP contribution in [0.4, 0.5) is 0 Å². The maximum absolute atomic E-state index is 6.27. The second kappa shape index (κ2) is 11.0. The average Bonchev–Trinajstić information content (AvgIpc) is 3.56. The van der Waals surface area contributed by atoms with Crippen molar-refractivity contribution in [1.29, 1.82) is 0 Å². The van der Waals surface area contributed by atoms with Gasteiger partial charge < -0.3 is 4.42 Å². The van der Waals surface area contributed by atoms with E-state index in [2.05, 4.69) is 121 Å². The molecular formula is C45H27N3O. The average molecular weight is 626 g/mol. The third-order valence-electron chi connectivity index (χ3n) is 9.54. The number of hydrogen-bond acceptors (Lipinski definition) is 4. The van der Waals surface area contributed by atoms with Crippen LogP contribution >= 0.6 is 0 Å². The summed E-state index contributed by atoms with van der Waals surface area (Å²) >= 11 is 0. The summed E-state index contributed by atoms with van der Waals surface area (Å²) in [5.74, 6) is 1.88. The van der Waals surface area contributed by atoms with Gasteiger partial charge in [-0.1, -0.05) is 152 Å². The predicted molar refractivity (Wildman–Crippen MR) is 201 cm³/mol. The number of para-hydroxylation sites is 1. The maximum atomic E-state index is 6.27. The molecule has 4 heteroatoms. The van der Waals surface area contributed by atoms with Gasteiger partial charge in [0.2, 0.25) is 0 Å². The van der Waals surface area contributed by atoms with Gasteiger partial charge in [-0.25, -0.2) is 15.0 Å². The van der Waals surface area contributed by atoms with Gasteiger partial charge in [0.05, 0.1) is 0 Å². The van der Waals surface area contributed by atoms with Crippen LogP contribution in [-0.2, 0) is 0 Å². The highest BCUT2D eigenvalue weighted by molar-refractivity contribution is 6.22. The van der Waals surface area contributed by atoms with E-state index in [0.29, 0.717) is 17.5 Å². The van der Waals surface area contributed by atoms with Crippen LogP contribution in [0.25, 0.3) is 99.5 Å². The molecule has 228 valence electrons. The van der Waals surface area contributed by atoms with E-state index in [4.69, 9.17) is 19.4 Å². The lowest BCUT2D eigenvalue weighted by Crippen LogP contribution is -2.01. The molecule has 0 bridgehead atoms. The van der Waals surface area contributed by atoms with Crippen molar-refractivity contribution in [2.75, 3.05) is 0 Å². The number of benzene rings is 8. The first-order chi connectivity index (χ1) is 24.3. The highest BCUT2D eigenvalue weighted by Gasteiger charge is 2.20. The molecule has 0 aliphatic carbocycles. The van der Waals surface area contributed by atoms with E-state index in [0.717, 1.165) is 55.1 Å². The zero-order valence-corrected chi connectivity index (χ0v) is 26.3. The minimum Gasteiger partial charge on any atom is -0.456 e. The molecule has 0 saturated heterocycles. The Morgan fingerprint density at radius 3 is 1.80 bits per heavy atom. The van der Waals surface area contributed by atoms with E-state index in [1.165, 1.54) is 26.9 Å². The van der Waals surface area contributed by atoms with E-state index < -0.39 is 0 Å². The van der Waals surface area contributed by atoms with Crippen LogP contribution in [0.2, 0.25) is 0 Å². The van der Waals surface area contributed by atoms with Gasteiger partial charge in [-0.15, -0.1) is 0 Å². The second-order valence-electron chi connectivity index (χ2n) is 12.3. The molecule has 10 aromatic rings. The Kier molecular flexibility index (Phi) is 6.15. The van der Waals surface area contributed by atoms with E-state index >= 15 is 0 Å². The highest BCUT2D eigenvalue weighted by Crippen LogP contribution is 2.41. The molecule has 2 aromatic heterocycles. The van der Waals surface area contributed by atoms with Crippen molar-refractivity contribution in [3.63, 3.8) is 0 Å². The standard InChI is InChI=1S/C45H27N3O/c1-2-13-30(14-3-1)43-46-44(36-17-7-6-16-32(36)35-20-11-23-40-42(35)38-18-8-9-22-39(38)49-40)48-45(47-43)37-21-10-19-34-33(37)27-26-29-25-24-28-12-4-5-15-31(28)41(29)34/h1-27H. The van der Waals surface area contributed by atoms with Gasteiger partial charge in [0.25, 0.3) is 0 Å². The molecule has 4 nitrogen and oxygen atoms in total. The van der Waals surface area contributed by atoms with Crippen LogP contribution in [0.15, 0.2) is 168 Å². The lowest BCUT2D eigenvalue weighted by Gasteiger charge is -2.14. The Morgan fingerprint density at radius 2 is 0.898 bits per heavy atom. The van der Waals surface area contributed by atoms with E-state index in [1.807, 2.05) is 42.5 Å². The molecule has 0 amide bonds. The van der Waals surface area contributed by atoms with Crippen LogP contribution < -0.4 is 0 Å². The van der Waals surface area contributed by atoms with Gasteiger partial charge in [0.15, 0.2) is 17.5 Å². The molecule has 0 aliphatic rings. The minimum absolute atomic E-state index is 0.618. The Hall–Kier alpha value is -6.65. The lowest BCUT2D eigenvalue weighted by atomic mass is 9.94. The SMILES string of the molecule is c1ccc(-c2nc(-c3ccccc3-c3cccc4oc5ccccc5c34)nc(-c3cccc4c3ccc3ccc5ccccc5c34)n2)cc1. The monoisotopic (exact) mass is 625 g/mol. The first kappa shape index (κ1) is 27.5. The Morgan fingerprint density at radius 1 is 0.306 bits per heavy atom. The molecule has 0 atom stereocenters. The summed E-state index contributed by atoms with van der Waals surface area (Å²) in [7, 11) is 0. The molecule has 49 heavy (non-hydrogen) atoms. The first-order valence-corrected chi connectivity index (χ1v) is 16.5. The summed E-state index contributed by atoms with van der Waals surface area (Å²) in [4.78, 5) is 15.5. The minimum atomic E-state index is 0.618. The molecule has 2 heterocycles. The normalized spacial score (nSPS) is 11.7. The summed E-state index contributed by atoms with van der Waals surface area (Å²) < 4.78 is 6.27. The zero-order chi connectivity index (χ0) is 32.3. The largest absolute Gasteiger partial charge is 0.456 e. The molecule has 0 aliphatic heterocycles. The summed E-state index contributed by atoms with van der Waals surface area (Å²) in [5, 5.41) is 9.34. The third-order valence-corrected chi connectivity index (χ3v) is 9.54. The van der Waals surface area contributed by atoms with Crippen molar-refractivity contribution in [2.45, 2.75) is 0 Å². The number of aromatic nitrogens is 3. The summed E-state index contributed by atoms with van der Waals surface area (Å²) in [6, 6.07) is 56.8. The topological polar surface area (TPSA) is 51.8 Å². The fourth-order valence-electron chi connectivity index (χ4n) is 7.30. The molecule has 0 N–H and O–H groups in total. The number of nitrogens with zero attached hydrogens (tertiary/aromatic N) is 3. The van der Waals surface area contributed by atoms with Crippen molar-refractivity contribution >= 4 is 54.3 Å². The van der Waals surface area contributed by atoms with E-state index in [-0.39, 0.29) is 0 Å². The highest BCUT2D eigenvalue weighted by atomic mass is 16.3. The Labute approximate surface area is 282 Å². The maximum Gasteiger partial charge on any atom is 0.164 e. The van der Waals surface area contributed by atoms with Crippen molar-refractivity contribution in [1.82, 2.24) is 15.0 Å². The number of furan rings is 1. The van der Waals surface area contributed by atoms with Crippen molar-refractivity contribution in [3.05, 3.63) is 164 Å². The lowest BCUT2D eigenvalue weighted by molar-refractivity contribution is 0.669. The quantitative estimate of drug-likeness (QED) is 0.183. The summed E-state index contributed by atoms with van der Waals surface area (Å²) in [5.41, 5.74) is 6.66. The Balaban J connectivity index is 1.24. The zero-order valence-electron chi connectivity index (χ0n) is 26.3. The van der Waals surface area contributed by atoms with Gasteiger partial charge in [0.1, 0.15) is 11.2 Å². The van der Waals surface area contributed by atoms with Crippen molar-refractivity contribution in [2.24, 2.45) is 0 Å². The van der Waals surface area contributed by atoms with Crippen LogP contribution in [0, 0.1) is 0 Å². The number of rotatable bonds is 4. The van der Waals surface area contributed by atoms with E-state index in [9.17, 15) is 0 Å². The third kappa shape index (κ3) is 4.42. The number of fused-ring (bicyclic) bond motifs is 8. The van der Waals surface area contributed by atoms with Crippen molar-refractivity contribution < 1.29 is 4.42 Å². The van der Waals surface area contributed by atoms with Gasteiger partial charge in [-0.2, -0.15) is 0 Å². The fourth-order valence-corrected chi connectivity index (χ4v) is 7.30. The van der Waals surface area contributed by atoms with Crippen LogP contribution in [-0.4, -0.2) is 15.0 Å². The van der Waals surface area contributed by atoms with E-state index in [1.54, 1.807) is 0 Å². The van der Waals surface area contributed by atoms with Gasteiger partial charge in [-0.05, 0) is 55.6 Å². The van der Waals surface area contributed by atoms with Crippen LogP contribution in [0.5, 0.6) is 0 Å². The molecule has 8 aromatic carbocycles. The molecular weight excluding hydrogens is 599 g/mol. The summed E-state index contributed by atoms with van der Waals surface area (Å²) in [6.45, 7) is 0. The molecule has 10 rings (SSSR count). The number of hydrogen-bond donors (Lipinski definition) is 0. The first-order valence-electron chi connectivity index (χ1n) is 16.5. The fraction of sp³-hybridized carbons (Fsp3) is 0. The molecule has 0 saturated carbocycles. The predicted octanol–water partition coefficient (Wildman–Crippen LogP) is 11.9. The molecule has 0 fully saturated rings.